The summed E-state index contributed by atoms with van der Waals surface area (Å²) in [4.78, 5) is 34.1. The van der Waals surface area contributed by atoms with Crippen LogP contribution in [0.15, 0.2) is 36.4 Å². The summed E-state index contributed by atoms with van der Waals surface area (Å²) < 4.78 is 0. The highest BCUT2D eigenvalue weighted by atomic mass is 32.1. The molecule has 2 amide bonds. The lowest BCUT2D eigenvalue weighted by Crippen LogP contribution is -2.44. The van der Waals surface area contributed by atoms with Gasteiger partial charge in [-0.1, -0.05) is 12.1 Å². The normalized spacial score (nSPS) is 23.9. The molecule has 0 aliphatic carbocycles. The van der Waals surface area contributed by atoms with E-state index in [9.17, 15) is 9.59 Å². The molecule has 2 atom stereocenters. The van der Waals surface area contributed by atoms with Crippen molar-refractivity contribution in [2.45, 2.75) is 51.1 Å². The number of benzene rings is 1. The van der Waals surface area contributed by atoms with Crippen LogP contribution in [0.25, 0.3) is 10.4 Å². The molecule has 3 saturated heterocycles. The number of amides is 2. The minimum absolute atomic E-state index is 0.140. The highest BCUT2D eigenvalue weighted by Crippen LogP contribution is 2.31. The Hall–Kier alpha value is -2.18. The van der Waals surface area contributed by atoms with Crippen LogP contribution in [0, 0.1) is 0 Å². The van der Waals surface area contributed by atoms with Crippen LogP contribution in [0.2, 0.25) is 0 Å². The molecule has 1 unspecified atom stereocenters. The molecule has 0 radical (unpaired) electrons. The summed E-state index contributed by atoms with van der Waals surface area (Å²) in [7, 11) is 0. The van der Waals surface area contributed by atoms with Gasteiger partial charge in [-0.15, -0.1) is 11.3 Å². The first-order valence-electron chi connectivity index (χ1n) is 11.6. The lowest BCUT2D eigenvalue weighted by Gasteiger charge is -2.30. The van der Waals surface area contributed by atoms with Gasteiger partial charge in [-0.3, -0.25) is 14.5 Å². The lowest BCUT2D eigenvalue weighted by atomic mass is 10.1. The molecule has 3 fully saturated rings. The standard InChI is InChI=1S/C25H31N3O2S/c1-18-5-2-13-27(18)17-21-6-3-16-28(21)24(29)20-9-7-19(8-10-20)22-11-12-23(31-22)25(30)26-14-4-15-26/h7-12,18,21H,2-6,13-17H2,1H3/t18-,21?/m0/s1. The van der Waals surface area contributed by atoms with Crippen LogP contribution in [-0.2, 0) is 0 Å². The van der Waals surface area contributed by atoms with Crippen molar-refractivity contribution in [3.63, 3.8) is 0 Å². The molecule has 1 aromatic heterocycles. The van der Waals surface area contributed by atoms with Crippen LogP contribution in [0.5, 0.6) is 0 Å². The van der Waals surface area contributed by atoms with Crippen molar-refractivity contribution < 1.29 is 9.59 Å². The van der Waals surface area contributed by atoms with Gasteiger partial charge >= 0.3 is 0 Å². The van der Waals surface area contributed by atoms with Crippen molar-refractivity contribution in [1.82, 2.24) is 14.7 Å². The van der Waals surface area contributed by atoms with E-state index < -0.39 is 0 Å². The van der Waals surface area contributed by atoms with E-state index in [2.05, 4.69) is 16.7 Å². The van der Waals surface area contributed by atoms with Crippen molar-refractivity contribution >= 4 is 23.2 Å². The zero-order chi connectivity index (χ0) is 21.4. The van der Waals surface area contributed by atoms with E-state index in [0.29, 0.717) is 12.1 Å². The van der Waals surface area contributed by atoms with Gasteiger partial charge in [0.15, 0.2) is 0 Å². The van der Waals surface area contributed by atoms with E-state index in [1.54, 1.807) is 0 Å². The summed E-state index contributed by atoms with van der Waals surface area (Å²) in [6.45, 7) is 7.08. The van der Waals surface area contributed by atoms with E-state index in [4.69, 9.17) is 0 Å². The van der Waals surface area contributed by atoms with E-state index >= 15 is 0 Å². The molecule has 31 heavy (non-hydrogen) atoms. The van der Waals surface area contributed by atoms with Crippen LogP contribution >= 0.6 is 11.3 Å². The molecule has 1 aromatic carbocycles. The SMILES string of the molecule is C[C@H]1CCCN1CC1CCCN1C(=O)c1ccc(-c2ccc(C(=O)N3CCC3)s2)cc1. The molecule has 0 bridgehead atoms. The molecule has 3 aliphatic heterocycles. The van der Waals surface area contributed by atoms with Gasteiger partial charge in [-0.25, -0.2) is 0 Å². The first-order valence-corrected chi connectivity index (χ1v) is 12.5. The van der Waals surface area contributed by atoms with E-state index in [1.165, 1.54) is 24.2 Å². The summed E-state index contributed by atoms with van der Waals surface area (Å²) >= 11 is 1.54. The summed E-state index contributed by atoms with van der Waals surface area (Å²) in [5, 5.41) is 0. The number of hydrogen-bond donors (Lipinski definition) is 0. The zero-order valence-corrected chi connectivity index (χ0v) is 19.1. The summed E-state index contributed by atoms with van der Waals surface area (Å²) in [6.07, 6.45) is 5.86. The Bertz CT molecular complexity index is 950. The average molecular weight is 438 g/mol. The van der Waals surface area contributed by atoms with Gasteiger partial charge in [0.25, 0.3) is 11.8 Å². The number of carbonyl (C=O) groups is 2. The Morgan fingerprint density at radius 1 is 0.903 bits per heavy atom. The minimum Gasteiger partial charge on any atom is -0.338 e. The fourth-order valence-corrected chi connectivity index (χ4v) is 6.03. The maximum absolute atomic E-state index is 13.2. The second kappa shape index (κ2) is 8.75. The lowest BCUT2D eigenvalue weighted by molar-refractivity contribution is 0.0655. The predicted molar refractivity (Wildman–Crippen MR) is 125 cm³/mol. The van der Waals surface area contributed by atoms with Crippen LogP contribution in [0.3, 0.4) is 0 Å². The number of carbonyl (C=O) groups excluding carboxylic acids is 2. The molecule has 0 N–H and O–H groups in total. The molecular weight excluding hydrogens is 406 g/mol. The highest BCUT2D eigenvalue weighted by molar-refractivity contribution is 7.17. The number of likely N-dealkylation sites (tertiary alicyclic amines) is 3. The van der Waals surface area contributed by atoms with Gasteiger partial charge in [0, 0.05) is 48.7 Å². The molecule has 5 nitrogen and oxygen atoms in total. The Labute approximate surface area is 188 Å². The Morgan fingerprint density at radius 3 is 2.35 bits per heavy atom. The van der Waals surface area contributed by atoms with Crippen LogP contribution in [0.1, 0.15) is 59.1 Å². The molecule has 164 valence electrons. The molecule has 0 spiro atoms. The van der Waals surface area contributed by atoms with Crippen LogP contribution < -0.4 is 0 Å². The van der Waals surface area contributed by atoms with E-state index in [-0.39, 0.29) is 11.8 Å². The number of rotatable bonds is 5. The Balaban J connectivity index is 1.25. The van der Waals surface area contributed by atoms with Crippen LogP contribution in [-0.4, -0.2) is 71.3 Å². The first-order chi connectivity index (χ1) is 15.1. The number of thiophene rings is 1. The molecule has 2 aromatic rings. The highest BCUT2D eigenvalue weighted by Gasteiger charge is 2.33. The Kier molecular flexibility index (Phi) is 5.85. The second-order valence-electron chi connectivity index (χ2n) is 9.17. The van der Waals surface area contributed by atoms with Gasteiger partial charge in [-0.2, -0.15) is 0 Å². The average Bonchev–Trinajstić information content (AvgIpc) is 3.48. The van der Waals surface area contributed by atoms with Gasteiger partial charge < -0.3 is 9.80 Å². The maximum Gasteiger partial charge on any atom is 0.263 e. The largest absolute Gasteiger partial charge is 0.338 e. The second-order valence-corrected chi connectivity index (χ2v) is 10.3. The van der Waals surface area contributed by atoms with Crippen molar-refractivity contribution in [2.24, 2.45) is 0 Å². The fourth-order valence-electron chi connectivity index (χ4n) is 5.05. The smallest absolute Gasteiger partial charge is 0.263 e. The molecular formula is C25H31N3O2S. The van der Waals surface area contributed by atoms with Crippen LogP contribution in [0.4, 0.5) is 0 Å². The number of nitrogens with zero attached hydrogens (tertiary/aromatic N) is 3. The van der Waals surface area contributed by atoms with Gasteiger partial charge in [0.2, 0.25) is 0 Å². The molecule has 0 saturated carbocycles. The summed E-state index contributed by atoms with van der Waals surface area (Å²) in [5.74, 6) is 0.294. The third kappa shape index (κ3) is 4.15. The molecule has 3 aliphatic rings. The fraction of sp³-hybridized carbons (Fsp3) is 0.520. The summed E-state index contributed by atoms with van der Waals surface area (Å²) in [6, 6.07) is 12.8. The first kappa shape index (κ1) is 20.7. The van der Waals surface area contributed by atoms with Crippen molar-refractivity contribution in [1.29, 1.82) is 0 Å². The van der Waals surface area contributed by atoms with E-state index in [0.717, 1.165) is 72.9 Å². The van der Waals surface area contributed by atoms with Crippen molar-refractivity contribution in [3.8, 4) is 10.4 Å². The quantitative estimate of drug-likeness (QED) is 0.699. The van der Waals surface area contributed by atoms with Gasteiger partial charge in [0.05, 0.1) is 4.88 Å². The zero-order valence-electron chi connectivity index (χ0n) is 18.3. The van der Waals surface area contributed by atoms with Crippen molar-refractivity contribution in [2.75, 3.05) is 32.7 Å². The van der Waals surface area contributed by atoms with Gasteiger partial charge in [0.1, 0.15) is 0 Å². The maximum atomic E-state index is 13.2. The monoisotopic (exact) mass is 437 g/mol. The Morgan fingerprint density at radius 2 is 1.68 bits per heavy atom. The molecule has 4 heterocycles. The minimum atomic E-state index is 0.140. The van der Waals surface area contributed by atoms with E-state index in [1.807, 2.05) is 41.3 Å². The summed E-state index contributed by atoms with van der Waals surface area (Å²) in [5.41, 5.74) is 1.83. The number of hydrogen-bond acceptors (Lipinski definition) is 4. The topological polar surface area (TPSA) is 43.9 Å². The third-order valence-corrected chi connectivity index (χ3v) is 8.27. The predicted octanol–water partition coefficient (Wildman–Crippen LogP) is 4.35. The van der Waals surface area contributed by atoms with Crippen molar-refractivity contribution in [3.05, 3.63) is 46.8 Å². The molecule has 5 rings (SSSR count). The molecule has 6 heteroatoms. The third-order valence-electron chi connectivity index (χ3n) is 7.15. The van der Waals surface area contributed by atoms with Gasteiger partial charge in [-0.05, 0) is 75.4 Å².